The molecule has 10 heteroatoms. The number of benzene rings is 3. The fourth-order valence-corrected chi connectivity index (χ4v) is 5.88. The molecule has 0 bridgehead atoms. The molecule has 0 aliphatic carbocycles. The van der Waals surface area contributed by atoms with Crippen LogP contribution in [-0.2, 0) is 21.4 Å². The maximum absolute atomic E-state index is 13.0. The summed E-state index contributed by atoms with van der Waals surface area (Å²) in [6.45, 7) is 2.28. The van der Waals surface area contributed by atoms with Gasteiger partial charge in [-0.15, -0.1) is 4.40 Å². The van der Waals surface area contributed by atoms with Crippen LogP contribution in [0.25, 0.3) is 6.08 Å². The topological polar surface area (TPSA) is 85.3 Å². The molecule has 1 aliphatic rings. The van der Waals surface area contributed by atoms with E-state index in [1.54, 1.807) is 62.6 Å². The number of likely N-dealkylation sites (N-methyl/N-ethyl adjacent to an activating group) is 1. The molecule has 1 amide bonds. The Morgan fingerprint density at radius 2 is 1.75 bits per heavy atom. The molecular formula is C26H23ClN2O5S2. The number of thioether (sulfide) groups is 1. The summed E-state index contributed by atoms with van der Waals surface area (Å²) in [5.74, 6) is 0.690. The van der Waals surface area contributed by atoms with Gasteiger partial charge in [-0.25, -0.2) is 0 Å². The zero-order valence-electron chi connectivity index (χ0n) is 19.5. The first-order chi connectivity index (χ1) is 17.3. The third-order valence-electron chi connectivity index (χ3n) is 5.27. The van der Waals surface area contributed by atoms with E-state index in [9.17, 15) is 13.2 Å². The van der Waals surface area contributed by atoms with E-state index in [0.717, 1.165) is 17.3 Å². The lowest BCUT2D eigenvalue weighted by atomic mass is 10.1. The molecule has 0 spiro atoms. The SMILES string of the molecule is CCN1C(=O)/C(=C/c2ccc(OC)c(OCc3ccccc3Cl)c2)SC1=NS(=O)(=O)c1ccccc1. The molecule has 0 aromatic heterocycles. The van der Waals surface area contributed by atoms with Crippen LogP contribution >= 0.6 is 23.4 Å². The summed E-state index contributed by atoms with van der Waals surface area (Å²) in [6.07, 6.45) is 1.68. The molecule has 1 heterocycles. The van der Waals surface area contributed by atoms with Gasteiger partial charge in [-0.2, -0.15) is 8.42 Å². The van der Waals surface area contributed by atoms with Crippen molar-refractivity contribution >= 4 is 50.5 Å². The van der Waals surface area contributed by atoms with Crippen LogP contribution in [0.1, 0.15) is 18.1 Å². The summed E-state index contributed by atoms with van der Waals surface area (Å²) in [5.41, 5.74) is 1.51. The number of hydrogen-bond acceptors (Lipinski definition) is 6. The number of amidine groups is 1. The smallest absolute Gasteiger partial charge is 0.284 e. The fourth-order valence-electron chi connectivity index (χ4n) is 3.42. The molecule has 1 saturated heterocycles. The summed E-state index contributed by atoms with van der Waals surface area (Å²) in [5, 5.41) is 0.709. The highest BCUT2D eigenvalue weighted by Gasteiger charge is 2.34. The quantitative estimate of drug-likeness (QED) is 0.344. The highest BCUT2D eigenvalue weighted by atomic mass is 35.5. The second-order valence-corrected chi connectivity index (χ2v) is 10.6. The van der Waals surface area contributed by atoms with Gasteiger partial charge in [0, 0.05) is 17.1 Å². The third kappa shape index (κ3) is 5.75. The van der Waals surface area contributed by atoms with E-state index in [-0.39, 0.29) is 29.1 Å². The predicted octanol–water partition coefficient (Wildman–Crippen LogP) is 5.61. The predicted molar refractivity (Wildman–Crippen MR) is 143 cm³/mol. The molecular weight excluding hydrogens is 520 g/mol. The Kier molecular flexibility index (Phi) is 8.03. The molecule has 186 valence electrons. The summed E-state index contributed by atoms with van der Waals surface area (Å²) in [4.78, 5) is 14.8. The van der Waals surface area contributed by atoms with E-state index >= 15 is 0 Å². The minimum absolute atomic E-state index is 0.0643. The standard InChI is InChI=1S/C26H23ClN2O5S2/c1-3-29-25(30)24(35-26(29)28-36(31,32)20-10-5-4-6-11-20)16-18-13-14-22(33-2)23(15-18)34-17-19-9-7-8-12-21(19)27/h4-16H,3,17H2,1-2H3/b24-16-,28-26?. The van der Waals surface area contributed by atoms with E-state index in [0.29, 0.717) is 27.0 Å². The minimum Gasteiger partial charge on any atom is -0.493 e. The Morgan fingerprint density at radius 1 is 1.03 bits per heavy atom. The molecule has 1 fully saturated rings. The van der Waals surface area contributed by atoms with Gasteiger partial charge in [-0.1, -0.05) is 54.1 Å². The minimum atomic E-state index is -3.96. The number of nitrogens with zero attached hydrogens (tertiary/aromatic N) is 2. The molecule has 0 N–H and O–H groups in total. The molecule has 0 saturated carbocycles. The highest BCUT2D eigenvalue weighted by Crippen LogP contribution is 2.36. The van der Waals surface area contributed by atoms with Gasteiger partial charge in [-0.3, -0.25) is 9.69 Å². The summed E-state index contributed by atoms with van der Waals surface area (Å²) in [7, 11) is -2.42. The maximum Gasteiger partial charge on any atom is 0.284 e. The monoisotopic (exact) mass is 542 g/mol. The van der Waals surface area contributed by atoms with Crippen molar-refractivity contribution in [3.8, 4) is 11.5 Å². The van der Waals surface area contributed by atoms with Crippen molar-refractivity contribution in [2.24, 2.45) is 4.40 Å². The first-order valence-electron chi connectivity index (χ1n) is 11.0. The number of carbonyl (C=O) groups excluding carboxylic acids is 1. The Bertz CT molecular complexity index is 1440. The Morgan fingerprint density at radius 3 is 2.44 bits per heavy atom. The van der Waals surface area contributed by atoms with E-state index in [1.807, 2.05) is 18.2 Å². The average Bonchev–Trinajstić information content (AvgIpc) is 3.16. The van der Waals surface area contributed by atoms with Crippen LogP contribution in [0.15, 0.2) is 87.0 Å². The largest absolute Gasteiger partial charge is 0.493 e. The van der Waals surface area contributed by atoms with Crippen LogP contribution in [0.5, 0.6) is 11.5 Å². The third-order valence-corrected chi connectivity index (χ3v) is 8.04. The highest BCUT2D eigenvalue weighted by molar-refractivity contribution is 8.19. The van der Waals surface area contributed by atoms with Gasteiger partial charge in [0.2, 0.25) is 0 Å². The lowest BCUT2D eigenvalue weighted by Gasteiger charge is -2.12. The van der Waals surface area contributed by atoms with Crippen LogP contribution in [0, 0.1) is 0 Å². The van der Waals surface area contributed by atoms with Gasteiger partial charge >= 0.3 is 0 Å². The molecule has 1 aliphatic heterocycles. The van der Waals surface area contributed by atoms with Gasteiger partial charge in [-0.05, 0) is 60.7 Å². The van der Waals surface area contributed by atoms with Gasteiger partial charge in [0.1, 0.15) is 6.61 Å². The first kappa shape index (κ1) is 25.8. The average molecular weight is 543 g/mol. The summed E-state index contributed by atoms with van der Waals surface area (Å²) >= 11 is 7.25. The number of methoxy groups -OCH3 is 1. The number of rotatable bonds is 8. The van der Waals surface area contributed by atoms with E-state index in [1.165, 1.54) is 17.0 Å². The van der Waals surface area contributed by atoms with Crippen LogP contribution in [0.2, 0.25) is 5.02 Å². The summed E-state index contributed by atoms with van der Waals surface area (Å²) < 4.78 is 40.8. The molecule has 0 atom stereocenters. The second kappa shape index (κ2) is 11.2. The van der Waals surface area contributed by atoms with Crippen molar-refractivity contribution in [1.29, 1.82) is 0 Å². The Balaban J connectivity index is 1.61. The van der Waals surface area contributed by atoms with Crippen molar-refractivity contribution in [2.75, 3.05) is 13.7 Å². The van der Waals surface area contributed by atoms with Gasteiger partial charge < -0.3 is 9.47 Å². The zero-order chi connectivity index (χ0) is 25.7. The molecule has 4 rings (SSSR count). The second-order valence-electron chi connectivity index (χ2n) is 7.61. The maximum atomic E-state index is 13.0. The number of carbonyl (C=O) groups is 1. The van der Waals surface area contributed by atoms with Crippen molar-refractivity contribution in [1.82, 2.24) is 4.90 Å². The van der Waals surface area contributed by atoms with Crippen LogP contribution in [0.4, 0.5) is 0 Å². The van der Waals surface area contributed by atoms with Crippen molar-refractivity contribution in [3.05, 3.63) is 93.9 Å². The normalized spacial score (nSPS) is 16.1. The zero-order valence-corrected chi connectivity index (χ0v) is 21.9. The number of hydrogen-bond donors (Lipinski definition) is 0. The molecule has 3 aromatic carbocycles. The van der Waals surface area contributed by atoms with Crippen molar-refractivity contribution < 1.29 is 22.7 Å². The molecule has 0 radical (unpaired) electrons. The number of sulfonamides is 1. The van der Waals surface area contributed by atoms with Gasteiger partial charge in [0.15, 0.2) is 16.7 Å². The van der Waals surface area contributed by atoms with E-state index in [2.05, 4.69) is 4.40 Å². The lowest BCUT2D eigenvalue weighted by Crippen LogP contribution is -2.29. The van der Waals surface area contributed by atoms with Crippen LogP contribution < -0.4 is 9.47 Å². The number of amides is 1. The number of halogens is 1. The number of ether oxygens (including phenoxy) is 2. The van der Waals surface area contributed by atoms with Crippen LogP contribution in [-0.4, -0.2) is 38.0 Å². The molecule has 3 aromatic rings. The summed E-state index contributed by atoms with van der Waals surface area (Å²) in [6, 6.07) is 20.6. The van der Waals surface area contributed by atoms with Crippen molar-refractivity contribution in [3.63, 3.8) is 0 Å². The Hall–Kier alpha value is -3.27. The first-order valence-corrected chi connectivity index (χ1v) is 13.6. The van der Waals surface area contributed by atoms with Crippen molar-refractivity contribution in [2.45, 2.75) is 18.4 Å². The Labute approximate surface area is 219 Å². The van der Waals surface area contributed by atoms with E-state index in [4.69, 9.17) is 21.1 Å². The molecule has 7 nitrogen and oxygen atoms in total. The van der Waals surface area contributed by atoms with Crippen LogP contribution in [0.3, 0.4) is 0 Å². The molecule has 36 heavy (non-hydrogen) atoms. The van der Waals surface area contributed by atoms with Gasteiger partial charge in [0.25, 0.3) is 15.9 Å². The van der Waals surface area contributed by atoms with Gasteiger partial charge in [0.05, 0.1) is 16.9 Å². The molecule has 0 unspecified atom stereocenters. The van der Waals surface area contributed by atoms with E-state index < -0.39 is 10.0 Å². The lowest BCUT2D eigenvalue weighted by molar-refractivity contribution is -0.122. The fraction of sp³-hybridized carbons (Fsp3) is 0.154.